The number of sulfonamides is 1. The summed E-state index contributed by atoms with van der Waals surface area (Å²) in [4.78, 5) is 11.5. The molecule has 0 amide bonds. The molecule has 0 saturated heterocycles. The van der Waals surface area contributed by atoms with Gasteiger partial charge in [0.2, 0.25) is 0 Å². The third-order valence-electron chi connectivity index (χ3n) is 3.11. The molecule has 0 saturated carbocycles. The number of methoxy groups -OCH3 is 1. The fourth-order valence-corrected chi connectivity index (χ4v) is 3.02. The zero-order valence-corrected chi connectivity index (χ0v) is 12.8. The molecule has 0 aliphatic heterocycles. The van der Waals surface area contributed by atoms with Gasteiger partial charge in [-0.15, -0.1) is 0 Å². The van der Waals surface area contributed by atoms with E-state index in [1.165, 1.54) is 19.2 Å². The molecule has 0 atom stereocenters. The molecule has 0 radical (unpaired) electrons. The topological polar surface area (TPSA) is 72.5 Å². The lowest BCUT2D eigenvalue weighted by Gasteiger charge is -2.12. The second kappa shape index (κ2) is 6.15. The van der Waals surface area contributed by atoms with E-state index in [1.807, 2.05) is 0 Å². The van der Waals surface area contributed by atoms with Crippen LogP contribution in [0.25, 0.3) is 0 Å². The van der Waals surface area contributed by atoms with Crippen LogP contribution < -0.4 is 4.72 Å². The Kier molecular flexibility index (Phi) is 4.46. The van der Waals surface area contributed by atoms with E-state index in [9.17, 15) is 17.6 Å². The minimum absolute atomic E-state index is 0.0724. The molecule has 0 bridgehead atoms. The normalized spacial score (nSPS) is 11.0. The summed E-state index contributed by atoms with van der Waals surface area (Å²) >= 11 is 0. The van der Waals surface area contributed by atoms with Crippen molar-refractivity contribution < 1.29 is 22.3 Å². The van der Waals surface area contributed by atoms with Crippen LogP contribution in [0.2, 0.25) is 0 Å². The van der Waals surface area contributed by atoms with E-state index in [0.29, 0.717) is 5.56 Å². The molecular weight excluding hydrogens is 309 g/mol. The number of carbonyl (C=O) groups excluding carboxylic acids is 1. The van der Waals surface area contributed by atoms with Gasteiger partial charge in [-0.1, -0.05) is 6.07 Å². The van der Waals surface area contributed by atoms with Crippen LogP contribution in [0.15, 0.2) is 47.4 Å². The molecule has 7 heteroatoms. The summed E-state index contributed by atoms with van der Waals surface area (Å²) < 4.78 is 44.4. The summed E-state index contributed by atoms with van der Waals surface area (Å²) in [6.45, 7) is 1.61. The Bertz CT molecular complexity index is 801. The Labute approximate surface area is 127 Å². The third kappa shape index (κ3) is 3.25. The summed E-state index contributed by atoms with van der Waals surface area (Å²) in [5, 5.41) is 0. The summed E-state index contributed by atoms with van der Waals surface area (Å²) in [6, 6.07) is 9.06. The van der Waals surface area contributed by atoms with Gasteiger partial charge in [-0.25, -0.2) is 17.6 Å². The van der Waals surface area contributed by atoms with Crippen LogP contribution in [-0.2, 0) is 14.8 Å². The third-order valence-corrected chi connectivity index (χ3v) is 4.49. The van der Waals surface area contributed by atoms with Crippen LogP contribution in [0.4, 0.5) is 10.1 Å². The van der Waals surface area contributed by atoms with E-state index < -0.39 is 21.8 Å². The Morgan fingerprint density at radius 2 is 1.77 bits per heavy atom. The van der Waals surface area contributed by atoms with Crippen molar-refractivity contribution in [2.75, 3.05) is 11.8 Å². The first-order valence-electron chi connectivity index (χ1n) is 6.31. The molecule has 0 aliphatic rings. The van der Waals surface area contributed by atoms with Crippen LogP contribution in [-0.4, -0.2) is 21.5 Å². The fraction of sp³-hybridized carbons (Fsp3) is 0.133. The molecule has 0 spiro atoms. The highest BCUT2D eigenvalue weighted by molar-refractivity contribution is 7.92. The van der Waals surface area contributed by atoms with E-state index in [1.54, 1.807) is 13.0 Å². The summed E-state index contributed by atoms with van der Waals surface area (Å²) in [5.74, 6) is -1.08. The van der Waals surface area contributed by atoms with Gasteiger partial charge in [0.1, 0.15) is 5.82 Å². The lowest BCUT2D eigenvalue weighted by molar-refractivity contribution is 0.0600. The SMILES string of the molecule is COC(=O)c1cccc(NS(=O)(=O)c2ccc(F)cc2)c1C. The summed E-state index contributed by atoms with van der Waals surface area (Å²) in [5.41, 5.74) is 0.967. The largest absolute Gasteiger partial charge is 0.465 e. The molecule has 22 heavy (non-hydrogen) atoms. The first-order chi connectivity index (χ1) is 10.3. The molecule has 0 unspecified atom stereocenters. The molecule has 1 N–H and O–H groups in total. The quantitative estimate of drug-likeness (QED) is 0.878. The van der Waals surface area contributed by atoms with Crippen molar-refractivity contribution in [1.82, 2.24) is 0 Å². The average Bonchev–Trinajstić information content (AvgIpc) is 2.49. The van der Waals surface area contributed by atoms with Crippen molar-refractivity contribution in [2.24, 2.45) is 0 Å². The number of halogens is 1. The fourth-order valence-electron chi connectivity index (χ4n) is 1.89. The molecule has 0 heterocycles. The minimum Gasteiger partial charge on any atom is -0.465 e. The highest BCUT2D eigenvalue weighted by Gasteiger charge is 2.18. The van der Waals surface area contributed by atoms with Crippen molar-refractivity contribution in [3.05, 3.63) is 59.4 Å². The number of ether oxygens (including phenoxy) is 1. The molecule has 2 aromatic carbocycles. The number of esters is 1. The van der Waals surface area contributed by atoms with E-state index in [-0.39, 0.29) is 16.1 Å². The zero-order valence-electron chi connectivity index (χ0n) is 12.0. The van der Waals surface area contributed by atoms with Crippen LogP contribution in [0, 0.1) is 12.7 Å². The van der Waals surface area contributed by atoms with Gasteiger partial charge in [0.05, 0.1) is 23.3 Å². The van der Waals surface area contributed by atoms with Gasteiger partial charge < -0.3 is 4.74 Å². The molecule has 2 aromatic rings. The summed E-state index contributed by atoms with van der Waals surface area (Å²) in [6.07, 6.45) is 0. The molecule has 0 fully saturated rings. The predicted octanol–water partition coefficient (Wildman–Crippen LogP) is 2.72. The number of nitrogens with one attached hydrogen (secondary N) is 1. The first kappa shape index (κ1) is 16.0. The molecule has 0 aliphatic carbocycles. The van der Waals surface area contributed by atoms with Gasteiger partial charge in [0, 0.05) is 0 Å². The van der Waals surface area contributed by atoms with Gasteiger partial charge in [-0.3, -0.25) is 4.72 Å². The lowest BCUT2D eigenvalue weighted by Crippen LogP contribution is -2.15. The molecule has 2 rings (SSSR count). The van der Waals surface area contributed by atoms with Gasteiger partial charge in [-0.05, 0) is 48.9 Å². The molecule has 5 nitrogen and oxygen atoms in total. The molecule has 116 valence electrons. The van der Waals surface area contributed by atoms with Crippen molar-refractivity contribution in [1.29, 1.82) is 0 Å². The monoisotopic (exact) mass is 323 g/mol. The highest BCUT2D eigenvalue weighted by Crippen LogP contribution is 2.23. The second-order valence-corrected chi connectivity index (χ2v) is 6.21. The maximum Gasteiger partial charge on any atom is 0.338 e. The van der Waals surface area contributed by atoms with Crippen LogP contribution in [0.5, 0.6) is 0 Å². The van der Waals surface area contributed by atoms with Crippen molar-refractivity contribution in [3.63, 3.8) is 0 Å². The number of hydrogen-bond acceptors (Lipinski definition) is 4. The lowest BCUT2D eigenvalue weighted by atomic mass is 10.1. The highest BCUT2D eigenvalue weighted by atomic mass is 32.2. The molecular formula is C15H14FNO4S. The van der Waals surface area contributed by atoms with Crippen LogP contribution in [0.1, 0.15) is 15.9 Å². The van der Waals surface area contributed by atoms with Crippen molar-refractivity contribution in [2.45, 2.75) is 11.8 Å². The maximum atomic E-state index is 12.9. The Morgan fingerprint density at radius 1 is 1.14 bits per heavy atom. The zero-order chi connectivity index (χ0) is 16.3. The minimum atomic E-state index is -3.87. The Balaban J connectivity index is 2.38. The molecule has 0 aromatic heterocycles. The standard InChI is InChI=1S/C15H14FNO4S/c1-10-13(15(18)21-2)4-3-5-14(10)17-22(19,20)12-8-6-11(16)7-9-12/h3-9,17H,1-2H3. The van der Waals surface area contributed by atoms with Crippen molar-refractivity contribution >= 4 is 21.7 Å². The van der Waals surface area contributed by atoms with Gasteiger partial charge in [-0.2, -0.15) is 0 Å². The number of anilines is 1. The van der Waals surface area contributed by atoms with E-state index in [4.69, 9.17) is 0 Å². The second-order valence-electron chi connectivity index (χ2n) is 4.53. The average molecular weight is 323 g/mol. The number of benzene rings is 2. The maximum absolute atomic E-state index is 12.9. The number of rotatable bonds is 4. The van der Waals surface area contributed by atoms with Gasteiger partial charge in [0.25, 0.3) is 10.0 Å². The number of hydrogen-bond donors (Lipinski definition) is 1. The Hall–Kier alpha value is -2.41. The smallest absolute Gasteiger partial charge is 0.338 e. The summed E-state index contributed by atoms with van der Waals surface area (Å²) in [7, 11) is -2.62. The van der Waals surface area contributed by atoms with E-state index >= 15 is 0 Å². The first-order valence-corrected chi connectivity index (χ1v) is 7.80. The van der Waals surface area contributed by atoms with E-state index in [0.717, 1.165) is 24.3 Å². The van der Waals surface area contributed by atoms with Crippen molar-refractivity contribution in [3.8, 4) is 0 Å². The van der Waals surface area contributed by atoms with Crippen LogP contribution in [0.3, 0.4) is 0 Å². The van der Waals surface area contributed by atoms with Gasteiger partial charge in [0.15, 0.2) is 0 Å². The number of carbonyl (C=O) groups is 1. The van der Waals surface area contributed by atoms with Crippen LogP contribution >= 0.6 is 0 Å². The van der Waals surface area contributed by atoms with Gasteiger partial charge >= 0.3 is 5.97 Å². The Morgan fingerprint density at radius 3 is 2.36 bits per heavy atom. The van der Waals surface area contributed by atoms with E-state index in [2.05, 4.69) is 9.46 Å². The predicted molar refractivity (Wildman–Crippen MR) is 79.7 cm³/mol.